The van der Waals surface area contributed by atoms with Crippen LogP contribution in [-0.4, -0.2) is 48.9 Å². The molecule has 27 heavy (non-hydrogen) atoms. The van der Waals surface area contributed by atoms with E-state index in [9.17, 15) is 13.2 Å². The Bertz CT molecular complexity index is 1180. The number of carbonyl (C=O) groups excluding carboxylic acids is 1. The number of fused-ring (bicyclic) bond motifs is 2. The second kappa shape index (κ2) is 6.05. The normalized spacial score (nSPS) is 16.2. The molecule has 0 aliphatic carbocycles. The summed E-state index contributed by atoms with van der Waals surface area (Å²) in [5.41, 5.74) is 4.46. The van der Waals surface area contributed by atoms with Crippen LogP contribution in [0.2, 0.25) is 0 Å². The zero-order valence-electron chi connectivity index (χ0n) is 15.1. The lowest BCUT2D eigenvalue weighted by molar-refractivity contribution is 0.0600. The van der Waals surface area contributed by atoms with Crippen molar-refractivity contribution >= 4 is 27.0 Å². The summed E-state index contributed by atoms with van der Waals surface area (Å²) >= 11 is 0. The molecule has 0 bridgehead atoms. The smallest absolute Gasteiger partial charge is 0.339 e. The predicted molar refractivity (Wildman–Crippen MR) is 98.9 cm³/mol. The first-order chi connectivity index (χ1) is 12.8. The Balaban J connectivity index is 1.86. The van der Waals surface area contributed by atoms with Crippen LogP contribution in [0.4, 0.5) is 5.69 Å². The van der Waals surface area contributed by atoms with E-state index in [1.165, 1.54) is 19.7 Å². The lowest BCUT2D eigenvalue weighted by atomic mass is 9.96. The molecule has 0 fully saturated rings. The Morgan fingerprint density at radius 3 is 2.85 bits per heavy atom. The van der Waals surface area contributed by atoms with Gasteiger partial charge < -0.3 is 10.1 Å². The number of anilines is 1. The van der Waals surface area contributed by atoms with E-state index in [4.69, 9.17) is 4.74 Å². The predicted octanol–water partition coefficient (Wildman–Crippen LogP) is 1.79. The van der Waals surface area contributed by atoms with Gasteiger partial charge in [-0.15, -0.1) is 0 Å². The third kappa shape index (κ3) is 2.74. The monoisotopic (exact) mass is 386 g/mol. The van der Waals surface area contributed by atoms with Crippen molar-refractivity contribution < 1.29 is 17.9 Å². The number of nitrogens with one attached hydrogen (secondary N) is 1. The summed E-state index contributed by atoms with van der Waals surface area (Å²) in [6.07, 6.45) is 4.27. The molecule has 3 heterocycles. The molecule has 4 rings (SSSR count). The number of carbonyl (C=O) groups is 1. The van der Waals surface area contributed by atoms with E-state index in [-0.39, 0.29) is 10.8 Å². The van der Waals surface area contributed by atoms with E-state index in [1.54, 1.807) is 22.8 Å². The first-order valence-electron chi connectivity index (χ1n) is 8.30. The van der Waals surface area contributed by atoms with Crippen LogP contribution in [-0.2, 0) is 14.6 Å². The Labute approximate surface area is 156 Å². The minimum absolute atomic E-state index is 0.0850. The highest BCUT2D eigenvalue weighted by Gasteiger charge is 2.29. The van der Waals surface area contributed by atoms with E-state index in [0.29, 0.717) is 12.1 Å². The minimum atomic E-state index is -3.28. The van der Waals surface area contributed by atoms with E-state index < -0.39 is 15.8 Å². The molecule has 0 radical (unpaired) electrons. The molecule has 1 aromatic carbocycles. The van der Waals surface area contributed by atoms with Crippen LogP contribution in [0.15, 0.2) is 35.6 Å². The van der Waals surface area contributed by atoms with Crippen LogP contribution >= 0.6 is 0 Å². The van der Waals surface area contributed by atoms with Crippen molar-refractivity contribution in [3.63, 3.8) is 0 Å². The van der Waals surface area contributed by atoms with Crippen LogP contribution in [0, 0.1) is 6.92 Å². The number of aryl methyl sites for hydroxylation is 1. The number of rotatable bonds is 3. The summed E-state index contributed by atoms with van der Waals surface area (Å²) in [5.74, 6) is -0.509. The van der Waals surface area contributed by atoms with E-state index >= 15 is 0 Å². The van der Waals surface area contributed by atoms with Gasteiger partial charge in [-0.25, -0.2) is 22.7 Å². The first-order valence-corrected chi connectivity index (χ1v) is 10.2. The van der Waals surface area contributed by atoms with Gasteiger partial charge in [-0.1, -0.05) is 6.07 Å². The second-order valence-corrected chi connectivity index (χ2v) is 8.57. The van der Waals surface area contributed by atoms with Crippen LogP contribution in [0.5, 0.6) is 0 Å². The van der Waals surface area contributed by atoms with Crippen LogP contribution < -0.4 is 5.32 Å². The Morgan fingerprint density at radius 2 is 2.15 bits per heavy atom. The zero-order chi connectivity index (χ0) is 19.3. The number of benzene rings is 1. The molecular weight excluding hydrogens is 368 g/mol. The van der Waals surface area contributed by atoms with E-state index in [1.807, 2.05) is 13.0 Å². The van der Waals surface area contributed by atoms with E-state index in [2.05, 4.69) is 15.4 Å². The topological polar surface area (TPSA) is 103 Å². The summed E-state index contributed by atoms with van der Waals surface area (Å²) < 4.78 is 30.1. The average molecular weight is 386 g/mol. The van der Waals surface area contributed by atoms with Gasteiger partial charge in [0.05, 0.1) is 28.8 Å². The molecule has 140 valence electrons. The van der Waals surface area contributed by atoms with Gasteiger partial charge in [-0.3, -0.25) is 0 Å². The minimum Gasteiger partial charge on any atom is -0.465 e. The standard InChI is InChI=1S/C18H18N4O4S/c1-10-14(18(23)26-2)8-22-17(10)16(20-9-21-22)13-7-19-15-6-11(27(3,24)25)4-5-12(13)15/h4-6,8-9,13,19H,7H2,1-3H3. The molecule has 1 atom stereocenters. The molecule has 9 heteroatoms. The Morgan fingerprint density at radius 1 is 1.37 bits per heavy atom. The lowest BCUT2D eigenvalue weighted by Gasteiger charge is -2.12. The van der Waals surface area contributed by atoms with Crippen molar-refractivity contribution in [2.75, 3.05) is 25.2 Å². The summed E-state index contributed by atoms with van der Waals surface area (Å²) in [4.78, 5) is 16.8. The number of aromatic nitrogens is 3. The lowest BCUT2D eigenvalue weighted by Crippen LogP contribution is -2.09. The summed E-state index contributed by atoms with van der Waals surface area (Å²) in [6.45, 7) is 2.41. The van der Waals surface area contributed by atoms with Gasteiger partial charge in [0.1, 0.15) is 6.33 Å². The van der Waals surface area contributed by atoms with Crippen molar-refractivity contribution in [2.24, 2.45) is 0 Å². The fraction of sp³-hybridized carbons (Fsp3) is 0.278. The van der Waals surface area contributed by atoms with Crippen molar-refractivity contribution in [3.05, 3.63) is 53.1 Å². The summed E-state index contributed by atoms with van der Waals surface area (Å²) in [7, 11) is -1.94. The maximum absolute atomic E-state index is 12.0. The number of methoxy groups -OCH3 is 1. The molecule has 1 N–H and O–H groups in total. The summed E-state index contributed by atoms with van der Waals surface area (Å²) in [5, 5.41) is 7.47. The number of ether oxygens (including phenoxy) is 1. The maximum Gasteiger partial charge on any atom is 0.339 e. The van der Waals surface area contributed by atoms with Crippen LogP contribution in [0.1, 0.15) is 33.1 Å². The van der Waals surface area contributed by atoms with Gasteiger partial charge in [-0.05, 0) is 30.2 Å². The molecule has 2 aromatic heterocycles. The molecule has 0 spiro atoms. The van der Waals surface area contributed by atoms with Crippen molar-refractivity contribution in [1.82, 2.24) is 14.6 Å². The molecular formula is C18H18N4O4S. The quantitative estimate of drug-likeness (QED) is 0.685. The van der Waals surface area contributed by atoms with Gasteiger partial charge >= 0.3 is 5.97 Å². The first kappa shape index (κ1) is 17.5. The molecule has 3 aromatic rings. The molecule has 0 amide bonds. The molecule has 1 aliphatic rings. The van der Waals surface area contributed by atoms with Crippen molar-refractivity contribution in [1.29, 1.82) is 0 Å². The third-order valence-electron chi connectivity index (χ3n) is 4.92. The van der Waals surface area contributed by atoms with Gasteiger partial charge in [0.15, 0.2) is 9.84 Å². The number of sulfone groups is 1. The highest BCUT2D eigenvalue weighted by Crippen LogP contribution is 2.38. The fourth-order valence-corrected chi connectivity index (χ4v) is 4.20. The summed E-state index contributed by atoms with van der Waals surface area (Å²) in [6, 6.07) is 5.07. The second-order valence-electron chi connectivity index (χ2n) is 6.55. The van der Waals surface area contributed by atoms with Gasteiger partial charge in [-0.2, -0.15) is 5.10 Å². The number of hydrogen-bond acceptors (Lipinski definition) is 7. The Kier molecular flexibility index (Phi) is 3.92. The van der Waals surface area contributed by atoms with E-state index in [0.717, 1.165) is 28.0 Å². The number of esters is 1. The Hall–Kier alpha value is -2.94. The zero-order valence-corrected chi connectivity index (χ0v) is 15.9. The molecule has 0 saturated carbocycles. The fourth-order valence-electron chi connectivity index (χ4n) is 3.55. The molecule has 1 aliphatic heterocycles. The highest BCUT2D eigenvalue weighted by atomic mass is 32.2. The van der Waals surface area contributed by atoms with Gasteiger partial charge in [0.2, 0.25) is 0 Å². The highest BCUT2D eigenvalue weighted by molar-refractivity contribution is 7.90. The largest absolute Gasteiger partial charge is 0.465 e. The van der Waals surface area contributed by atoms with Crippen molar-refractivity contribution in [2.45, 2.75) is 17.7 Å². The van der Waals surface area contributed by atoms with Gasteiger partial charge in [0.25, 0.3) is 0 Å². The van der Waals surface area contributed by atoms with Gasteiger partial charge in [0, 0.05) is 30.6 Å². The van der Waals surface area contributed by atoms with Crippen LogP contribution in [0.25, 0.3) is 5.52 Å². The molecule has 1 unspecified atom stereocenters. The third-order valence-corrected chi connectivity index (χ3v) is 6.03. The average Bonchev–Trinajstić information content (AvgIpc) is 3.21. The maximum atomic E-state index is 12.0. The number of nitrogens with zero attached hydrogens (tertiary/aromatic N) is 3. The molecule has 8 nitrogen and oxygen atoms in total. The number of hydrogen-bond donors (Lipinski definition) is 1. The molecule has 0 saturated heterocycles. The van der Waals surface area contributed by atoms with Crippen LogP contribution in [0.3, 0.4) is 0 Å². The van der Waals surface area contributed by atoms with Crippen molar-refractivity contribution in [3.8, 4) is 0 Å². The SMILES string of the molecule is COC(=O)c1cn2ncnc(C3CNc4cc(S(C)(=O)=O)ccc43)c2c1C.